The molecule has 0 radical (unpaired) electrons. The minimum atomic E-state index is -3.69. The summed E-state index contributed by atoms with van der Waals surface area (Å²) >= 11 is 0. The molecule has 7 heteroatoms. The fourth-order valence-corrected chi connectivity index (χ4v) is 6.27. The Labute approximate surface area is 203 Å². The first kappa shape index (κ1) is 24.4. The molecule has 1 aliphatic heterocycles. The van der Waals surface area contributed by atoms with Crippen molar-refractivity contribution >= 4 is 10.0 Å². The van der Waals surface area contributed by atoms with E-state index in [1.165, 1.54) is 5.56 Å². The highest BCUT2D eigenvalue weighted by Gasteiger charge is 2.34. The maximum atomic E-state index is 13.8. The van der Waals surface area contributed by atoms with Crippen molar-refractivity contribution in [1.29, 1.82) is 0 Å². The highest BCUT2D eigenvalue weighted by Crippen LogP contribution is 2.28. The number of likely N-dealkylation sites (tertiary alicyclic amines) is 1. The van der Waals surface area contributed by atoms with Crippen LogP contribution in [0.5, 0.6) is 5.75 Å². The van der Waals surface area contributed by atoms with Gasteiger partial charge in [-0.05, 0) is 74.6 Å². The van der Waals surface area contributed by atoms with Gasteiger partial charge >= 0.3 is 0 Å². The van der Waals surface area contributed by atoms with Gasteiger partial charge in [0.05, 0.1) is 12.0 Å². The molecule has 0 unspecified atom stereocenters. The zero-order valence-electron chi connectivity index (χ0n) is 19.7. The monoisotopic (exact) mass is 479 g/mol. The maximum Gasteiger partial charge on any atom is 0.243 e. The molecule has 0 saturated carbocycles. The summed E-state index contributed by atoms with van der Waals surface area (Å²) in [4.78, 5) is 6.91. The first-order valence-corrected chi connectivity index (χ1v) is 13.3. The second kappa shape index (κ2) is 11.6. The lowest BCUT2D eigenvalue weighted by molar-refractivity contribution is 0.155. The van der Waals surface area contributed by atoms with E-state index in [9.17, 15) is 8.42 Å². The molecule has 0 N–H and O–H groups in total. The quantitative estimate of drug-likeness (QED) is 0.432. The van der Waals surface area contributed by atoms with E-state index < -0.39 is 10.0 Å². The Hall–Kier alpha value is -2.74. The van der Waals surface area contributed by atoms with Gasteiger partial charge in [-0.3, -0.25) is 4.98 Å². The van der Waals surface area contributed by atoms with Crippen molar-refractivity contribution in [3.63, 3.8) is 0 Å². The summed E-state index contributed by atoms with van der Waals surface area (Å²) in [5.74, 6) is 0.538. The minimum absolute atomic E-state index is 0.0539. The fraction of sp³-hybridized carbons (Fsp3) is 0.370. The van der Waals surface area contributed by atoms with E-state index in [-0.39, 0.29) is 10.9 Å². The van der Waals surface area contributed by atoms with E-state index in [0.717, 1.165) is 50.9 Å². The van der Waals surface area contributed by atoms with Gasteiger partial charge in [0.15, 0.2) is 0 Å². The summed E-state index contributed by atoms with van der Waals surface area (Å²) in [6, 6.07) is 21.0. The molecule has 0 amide bonds. The first-order chi connectivity index (χ1) is 16.6. The van der Waals surface area contributed by atoms with Crippen LogP contribution in [-0.2, 0) is 23.0 Å². The van der Waals surface area contributed by atoms with Crippen LogP contribution >= 0.6 is 0 Å². The molecule has 3 aromatic rings. The Balaban J connectivity index is 1.44. The van der Waals surface area contributed by atoms with E-state index in [4.69, 9.17) is 4.74 Å². The lowest BCUT2D eigenvalue weighted by Gasteiger charge is -2.38. The van der Waals surface area contributed by atoms with E-state index in [2.05, 4.69) is 34.1 Å². The van der Waals surface area contributed by atoms with Crippen LogP contribution in [0.3, 0.4) is 0 Å². The van der Waals surface area contributed by atoms with Gasteiger partial charge in [0, 0.05) is 31.0 Å². The molecule has 2 aromatic carbocycles. The molecule has 2 heterocycles. The number of methoxy groups -OCH3 is 1. The molecule has 0 atom stereocenters. The van der Waals surface area contributed by atoms with Gasteiger partial charge in [-0.1, -0.05) is 42.5 Å². The molecule has 1 aliphatic rings. The van der Waals surface area contributed by atoms with Gasteiger partial charge < -0.3 is 9.64 Å². The van der Waals surface area contributed by atoms with Crippen molar-refractivity contribution < 1.29 is 13.2 Å². The number of benzene rings is 2. The maximum absolute atomic E-state index is 13.8. The number of pyridine rings is 1. The van der Waals surface area contributed by atoms with Crippen molar-refractivity contribution in [1.82, 2.24) is 14.2 Å². The Kier molecular flexibility index (Phi) is 8.32. The van der Waals surface area contributed by atoms with Gasteiger partial charge in [0.1, 0.15) is 5.75 Å². The summed E-state index contributed by atoms with van der Waals surface area (Å²) in [5, 5.41) is 0. The molecule has 1 aromatic heterocycles. The van der Waals surface area contributed by atoms with Crippen molar-refractivity contribution in [2.24, 2.45) is 0 Å². The number of hydrogen-bond acceptors (Lipinski definition) is 5. The number of hydrogen-bond donors (Lipinski definition) is 0. The van der Waals surface area contributed by atoms with E-state index >= 15 is 0 Å². The van der Waals surface area contributed by atoms with Crippen LogP contribution < -0.4 is 4.74 Å². The Morgan fingerprint density at radius 3 is 2.47 bits per heavy atom. The smallest absolute Gasteiger partial charge is 0.243 e. The normalized spacial score (nSPS) is 15.5. The lowest BCUT2D eigenvalue weighted by Crippen LogP contribution is -2.47. The molecule has 4 rings (SSSR count). The third kappa shape index (κ3) is 6.23. The number of aryl methyl sites for hydroxylation is 1. The highest BCUT2D eigenvalue weighted by molar-refractivity contribution is 7.89. The van der Waals surface area contributed by atoms with Gasteiger partial charge in [0.2, 0.25) is 10.0 Å². The average Bonchev–Trinajstić information content (AvgIpc) is 2.89. The predicted octanol–water partition coefficient (Wildman–Crippen LogP) is 4.38. The molecule has 34 heavy (non-hydrogen) atoms. The van der Waals surface area contributed by atoms with Crippen molar-refractivity contribution in [2.75, 3.05) is 26.7 Å². The molecule has 1 fully saturated rings. The number of ether oxygens (including phenoxy) is 1. The Bertz CT molecular complexity index is 1130. The largest absolute Gasteiger partial charge is 0.497 e. The van der Waals surface area contributed by atoms with Crippen LogP contribution in [-0.4, -0.2) is 55.4 Å². The Morgan fingerprint density at radius 1 is 1.00 bits per heavy atom. The fourth-order valence-electron chi connectivity index (χ4n) is 4.56. The van der Waals surface area contributed by atoms with Gasteiger partial charge in [-0.25, -0.2) is 8.42 Å². The summed E-state index contributed by atoms with van der Waals surface area (Å²) in [5.41, 5.74) is 2.25. The highest BCUT2D eigenvalue weighted by atomic mass is 32.2. The summed E-state index contributed by atoms with van der Waals surface area (Å²) < 4.78 is 34.4. The molecular formula is C27H33N3O3S. The number of sulfonamides is 1. The van der Waals surface area contributed by atoms with Crippen LogP contribution in [0, 0.1) is 0 Å². The summed E-state index contributed by atoms with van der Waals surface area (Å²) in [6.45, 7) is 3.15. The number of rotatable bonds is 10. The average molecular weight is 480 g/mol. The second-order valence-corrected chi connectivity index (χ2v) is 10.6. The zero-order chi connectivity index (χ0) is 23.8. The molecule has 0 aliphatic carbocycles. The minimum Gasteiger partial charge on any atom is -0.497 e. The van der Waals surface area contributed by atoms with Crippen molar-refractivity contribution in [3.8, 4) is 5.75 Å². The van der Waals surface area contributed by atoms with Crippen LogP contribution in [0.1, 0.15) is 30.4 Å². The molecule has 0 spiro atoms. The first-order valence-electron chi connectivity index (χ1n) is 11.9. The van der Waals surface area contributed by atoms with Crippen LogP contribution in [0.25, 0.3) is 0 Å². The predicted molar refractivity (Wildman–Crippen MR) is 134 cm³/mol. The summed E-state index contributed by atoms with van der Waals surface area (Å²) in [7, 11) is -2.15. The number of piperidine rings is 1. The Morgan fingerprint density at radius 2 is 1.76 bits per heavy atom. The van der Waals surface area contributed by atoms with Gasteiger partial charge in [-0.15, -0.1) is 0 Å². The van der Waals surface area contributed by atoms with Crippen LogP contribution in [0.2, 0.25) is 0 Å². The van der Waals surface area contributed by atoms with E-state index in [0.29, 0.717) is 12.3 Å². The van der Waals surface area contributed by atoms with Crippen LogP contribution in [0.15, 0.2) is 84.0 Å². The molecule has 6 nitrogen and oxygen atoms in total. The molecule has 1 saturated heterocycles. The topological polar surface area (TPSA) is 62.7 Å². The van der Waals surface area contributed by atoms with Crippen molar-refractivity contribution in [2.45, 2.75) is 43.2 Å². The molecular weight excluding hydrogens is 446 g/mol. The third-order valence-corrected chi connectivity index (χ3v) is 8.35. The zero-order valence-corrected chi connectivity index (χ0v) is 20.5. The SMILES string of the molecule is COc1cccc(S(=O)(=O)N(Cc2cccnc2)C2CCN(CCCc3ccccc3)CC2)c1. The second-order valence-electron chi connectivity index (χ2n) is 8.75. The van der Waals surface area contributed by atoms with Gasteiger partial charge in [-0.2, -0.15) is 4.31 Å². The molecule has 0 bridgehead atoms. The third-order valence-electron chi connectivity index (χ3n) is 6.46. The van der Waals surface area contributed by atoms with E-state index in [1.54, 1.807) is 48.1 Å². The van der Waals surface area contributed by atoms with Gasteiger partial charge in [0.25, 0.3) is 0 Å². The van der Waals surface area contributed by atoms with Crippen LogP contribution in [0.4, 0.5) is 0 Å². The molecule has 180 valence electrons. The summed E-state index contributed by atoms with van der Waals surface area (Å²) in [6.07, 6.45) is 7.25. The number of nitrogens with zero attached hydrogens (tertiary/aromatic N) is 3. The van der Waals surface area contributed by atoms with Crippen molar-refractivity contribution in [3.05, 3.63) is 90.3 Å². The van der Waals surface area contributed by atoms with E-state index in [1.807, 2.05) is 18.2 Å². The number of aromatic nitrogens is 1. The standard InChI is InChI=1S/C27H33N3O3S/c1-33-26-12-5-13-27(20-26)34(31,32)30(22-24-10-6-16-28-21-24)25-14-18-29(19-15-25)17-7-11-23-8-3-2-4-9-23/h2-6,8-10,12-13,16,20-21,25H,7,11,14-15,17-19,22H2,1H3. The lowest BCUT2D eigenvalue weighted by atomic mass is 10.0.